The first-order valence-corrected chi connectivity index (χ1v) is 10.4. The van der Waals surface area contributed by atoms with Gasteiger partial charge in [0.25, 0.3) is 0 Å². The third-order valence-corrected chi connectivity index (χ3v) is 5.96. The van der Waals surface area contributed by atoms with Crippen molar-refractivity contribution in [1.29, 1.82) is 0 Å². The van der Waals surface area contributed by atoms with Crippen LogP contribution in [0.4, 0.5) is 10.7 Å². The Morgan fingerprint density at radius 2 is 1.61 bits per heavy atom. The van der Waals surface area contributed by atoms with Crippen LogP contribution in [0.25, 0.3) is 0 Å². The van der Waals surface area contributed by atoms with Gasteiger partial charge in [0.05, 0.1) is 6.04 Å². The van der Waals surface area contributed by atoms with E-state index in [0.717, 1.165) is 19.0 Å². The van der Waals surface area contributed by atoms with E-state index >= 15 is 0 Å². The molecule has 1 aromatic carbocycles. The number of anilines is 1. The normalized spacial score (nSPS) is 19.3. The van der Waals surface area contributed by atoms with Crippen LogP contribution in [0.15, 0.2) is 48.8 Å². The van der Waals surface area contributed by atoms with E-state index in [-0.39, 0.29) is 12.1 Å². The summed E-state index contributed by atoms with van der Waals surface area (Å²) in [4.78, 5) is 25.7. The van der Waals surface area contributed by atoms with Crippen LogP contribution in [-0.2, 0) is 0 Å². The highest BCUT2D eigenvalue weighted by molar-refractivity contribution is 5.75. The van der Waals surface area contributed by atoms with E-state index < -0.39 is 0 Å². The van der Waals surface area contributed by atoms with Gasteiger partial charge in [0.2, 0.25) is 5.95 Å². The van der Waals surface area contributed by atoms with Crippen molar-refractivity contribution < 1.29 is 4.79 Å². The second-order valence-corrected chi connectivity index (χ2v) is 7.76. The Morgan fingerprint density at radius 1 is 0.929 bits per heavy atom. The maximum Gasteiger partial charge on any atom is 0.318 e. The SMILES string of the molecule is O=C(NC(c1ccccc1)C1CCCCC1)N1CCN(c2ncccn2)CC1. The molecule has 1 unspecified atom stereocenters. The molecule has 1 atom stereocenters. The number of urea groups is 1. The Morgan fingerprint density at radius 3 is 2.29 bits per heavy atom. The number of carbonyl (C=O) groups is 1. The van der Waals surface area contributed by atoms with Crippen LogP contribution in [0.2, 0.25) is 0 Å². The van der Waals surface area contributed by atoms with Gasteiger partial charge in [-0.15, -0.1) is 0 Å². The quantitative estimate of drug-likeness (QED) is 0.881. The monoisotopic (exact) mass is 379 g/mol. The van der Waals surface area contributed by atoms with Crippen molar-refractivity contribution in [3.63, 3.8) is 0 Å². The zero-order valence-electron chi connectivity index (χ0n) is 16.3. The lowest BCUT2D eigenvalue weighted by Crippen LogP contribution is -2.53. The lowest BCUT2D eigenvalue weighted by molar-refractivity contribution is 0.179. The fourth-order valence-electron chi connectivity index (χ4n) is 4.39. The van der Waals surface area contributed by atoms with E-state index in [1.807, 2.05) is 17.0 Å². The van der Waals surface area contributed by atoms with Crippen LogP contribution in [0.3, 0.4) is 0 Å². The molecule has 2 aliphatic rings. The second-order valence-electron chi connectivity index (χ2n) is 7.76. The largest absolute Gasteiger partial charge is 0.337 e. The van der Waals surface area contributed by atoms with Crippen LogP contribution >= 0.6 is 0 Å². The van der Waals surface area contributed by atoms with Crippen molar-refractivity contribution in [3.8, 4) is 0 Å². The maximum absolute atomic E-state index is 13.0. The molecule has 2 amide bonds. The molecule has 0 radical (unpaired) electrons. The number of hydrogen-bond donors (Lipinski definition) is 1. The zero-order valence-corrected chi connectivity index (χ0v) is 16.3. The topological polar surface area (TPSA) is 61.4 Å². The Kier molecular flexibility index (Phi) is 6.04. The highest BCUT2D eigenvalue weighted by Gasteiger charge is 2.29. The fourth-order valence-corrected chi connectivity index (χ4v) is 4.39. The standard InChI is InChI=1S/C22H29N5O/c28-22(27-16-14-26(15-17-27)21-23-12-7-13-24-21)25-20(18-8-3-1-4-9-18)19-10-5-2-6-11-19/h1,3-4,7-9,12-13,19-20H,2,5-6,10-11,14-17H2,(H,25,28). The number of aromatic nitrogens is 2. The number of nitrogens with zero attached hydrogens (tertiary/aromatic N) is 4. The van der Waals surface area contributed by atoms with E-state index in [0.29, 0.717) is 19.0 Å². The molecule has 0 spiro atoms. The van der Waals surface area contributed by atoms with Crippen molar-refractivity contribution in [2.45, 2.75) is 38.1 Å². The molecule has 1 saturated heterocycles. The number of rotatable bonds is 4. The molecule has 4 rings (SSSR count). The number of hydrogen-bond acceptors (Lipinski definition) is 4. The molecule has 1 aliphatic carbocycles. The molecule has 0 bridgehead atoms. The van der Waals surface area contributed by atoms with Gasteiger partial charge in [-0.1, -0.05) is 49.6 Å². The van der Waals surface area contributed by atoms with E-state index in [9.17, 15) is 4.79 Å². The van der Waals surface area contributed by atoms with E-state index in [2.05, 4.69) is 44.5 Å². The molecule has 2 aromatic rings. The van der Waals surface area contributed by atoms with Gasteiger partial charge < -0.3 is 15.1 Å². The predicted octanol–water partition coefficient (Wildman–Crippen LogP) is 3.63. The van der Waals surface area contributed by atoms with Gasteiger partial charge in [-0.3, -0.25) is 0 Å². The van der Waals surface area contributed by atoms with Gasteiger partial charge in [0, 0.05) is 38.6 Å². The minimum absolute atomic E-state index is 0.0491. The minimum atomic E-state index is 0.0491. The summed E-state index contributed by atoms with van der Waals surface area (Å²) in [6, 6.07) is 12.4. The summed E-state index contributed by atoms with van der Waals surface area (Å²) in [7, 11) is 0. The Balaban J connectivity index is 1.39. The number of amides is 2. The average molecular weight is 380 g/mol. The van der Waals surface area contributed by atoms with Gasteiger partial charge >= 0.3 is 6.03 Å². The van der Waals surface area contributed by atoms with Gasteiger partial charge in [-0.05, 0) is 30.4 Å². The zero-order chi connectivity index (χ0) is 19.2. The molecule has 1 aromatic heterocycles. The molecule has 1 N–H and O–H groups in total. The average Bonchev–Trinajstić information content (AvgIpc) is 2.79. The lowest BCUT2D eigenvalue weighted by Gasteiger charge is -2.37. The number of benzene rings is 1. The predicted molar refractivity (Wildman–Crippen MR) is 110 cm³/mol. The summed E-state index contributed by atoms with van der Waals surface area (Å²) in [6.45, 7) is 2.90. The molecule has 28 heavy (non-hydrogen) atoms. The molecule has 2 fully saturated rings. The van der Waals surface area contributed by atoms with Crippen molar-refractivity contribution in [2.75, 3.05) is 31.1 Å². The number of nitrogens with one attached hydrogen (secondary N) is 1. The first kappa shape index (κ1) is 18.7. The van der Waals surface area contributed by atoms with Crippen molar-refractivity contribution in [3.05, 3.63) is 54.4 Å². The number of carbonyl (C=O) groups excluding carboxylic acids is 1. The molecule has 1 aliphatic heterocycles. The molecular weight excluding hydrogens is 350 g/mol. The molecule has 6 heteroatoms. The van der Waals surface area contributed by atoms with E-state index in [1.54, 1.807) is 12.4 Å². The minimum Gasteiger partial charge on any atom is -0.337 e. The summed E-state index contributed by atoms with van der Waals surface area (Å²) in [5.74, 6) is 1.27. The van der Waals surface area contributed by atoms with Gasteiger partial charge in [0.15, 0.2) is 0 Å². The van der Waals surface area contributed by atoms with E-state index in [4.69, 9.17) is 0 Å². The van der Waals surface area contributed by atoms with Gasteiger partial charge in [0.1, 0.15) is 0 Å². The highest BCUT2D eigenvalue weighted by Crippen LogP contribution is 2.34. The first-order chi connectivity index (χ1) is 13.8. The van der Waals surface area contributed by atoms with Crippen molar-refractivity contribution in [2.24, 2.45) is 5.92 Å². The van der Waals surface area contributed by atoms with Crippen LogP contribution in [0, 0.1) is 5.92 Å². The van der Waals surface area contributed by atoms with Crippen molar-refractivity contribution in [1.82, 2.24) is 20.2 Å². The van der Waals surface area contributed by atoms with Crippen molar-refractivity contribution >= 4 is 12.0 Å². The fraction of sp³-hybridized carbons (Fsp3) is 0.500. The van der Waals surface area contributed by atoms with Gasteiger partial charge in [-0.2, -0.15) is 0 Å². The third kappa shape index (κ3) is 4.43. The summed E-state index contributed by atoms with van der Waals surface area (Å²) in [5.41, 5.74) is 1.22. The van der Waals surface area contributed by atoms with Crippen LogP contribution < -0.4 is 10.2 Å². The Hall–Kier alpha value is -2.63. The second kappa shape index (κ2) is 9.04. The Labute approximate surface area is 167 Å². The van der Waals surface area contributed by atoms with Crippen LogP contribution in [-0.4, -0.2) is 47.1 Å². The maximum atomic E-state index is 13.0. The molecule has 6 nitrogen and oxygen atoms in total. The number of piperazine rings is 1. The van der Waals surface area contributed by atoms with Crippen LogP contribution in [0.1, 0.15) is 43.7 Å². The third-order valence-electron chi connectivity index (χ3n) is 5.96. The van der Waals surface area contributed by atoms with Gasteiger partial charge in [-0.25, -0.2) is 14.8 Å². The molecule has 1 saturated carbocycles. The van der Waals surface area contributed by atoms with Crippen LogP contribution in [0.5, 0.6) is 0 Å². The van der Waals surface area contributed by atoms with E-state index in [1.165, 1.54) is 37.7 Å². The first-order valence-electron chi connectivity index (χ1n) is 10.4. The molecule has 2 heterocycles. The smallest absolute Gasteiger partial charge is 0.318 e. The molecule has 148 valence electrons. The lowest BCUT2D eigenvalue weighted by atomic mass is 9.81. The Bertz CT molecular complexity index is 740. The summed E-state index contributed by atoms with van der Waals surface area (Å²) in [6.07, 6.45) is 9.75. The highest BCUT2D eigenvalue weighted by atomic mass is 16.2. The molecular formula is C22H29N5O. The summed E-state index contributed by atoms with van der Waals surface area (Å²) < 4.78 is 0. The summed E-state index contributed by atoms with van der Waals surface area (Å²) >= 11 is 0. The summed E-state index contributed by atoms with van der Waals surface area (Å²) in [5, 5.41) is 3.36.